The minimum Gasteiger partial charge on any atom is -0.492 e. The zero-order valence-electron chi connectivity index (χ0n) is 14.8. The van der Waals surface area contributed by atoms with Crippen molar-refractivity contribution in [2.45, 2.75) is 43.5 Å². The maximum Gasteiger partial charge on any atom is 0.244 e. The van der Waals surface area contributed by atoms with Crippen LogP contribution in [-0.2, 0) is 14.8 Å². The van der Waals surface area contributed by atoms with E-state index in [2.05, 4.69) is 4.72 Å². The molecule has 0 bridgehead atoms. The van der Waals surface area contributed by atoms with Gasteiger partial charge in [-0.2, -0.15) is 0 Å². The summed E-state index contributed by atoms with van der Waals surface area (Å²) in [6.07, 6.45) is 2.26. The molecule has 2 rings (SSSR count). The van der Waals surface area contributed by atoms with Crippen LogP contribution in [0, 0.1) is 5.92 Å². The van der Waals surface area contributed by atoms with E-state index < -0.39 is 15.6 Å². The Morgan fingerprint density at radius 3 is 2.72 bits per heavy atom. The Balaban J connectivity index is 2.15. The van der Waals surface area contributed by atoms with Gasteiger partial charge in [-0.25, -0.2) is 13.1 Å². The van der Waals surface area contributed by atoms with Crippen molar-refractivity contribution in [2.75, 3.05) is 26.4 Å². The molecule has 25 heavy (non-hydrogen) atoms. The van der Waals surface area contributed by atoms with E-state index in [-0.39, 0.29) is 17.4 Å². The predicted molar refractivity (Wildman–Crippen MR) is 98.6 cm³/mol. The van der Waals surface area contributed by atoms with Gasteiger partial charge >= 0.3 is 0 Å². The minimum atomic E-state index is -3.78. The molecule has 1 aliphatic heterocycles. The molecule has 0 amide bonds. The Kier molecular flexibility index (Phi) is 7.10. The van der Waals surface area contributed by atoms with Crippen molar-refractivity contribution in [1.29, 1.82) is 0 Å². The molecule has 0 spiro atoms. The third kappa shape index (κ3) is 5.56. The molecular weight excluding hydrogens is 364 g/mol. The van der Waals surface area contributed by atoms with Gasteiger partial charge in [0, 0.05) is 29.6 Å². The summed E-state index contributed by atoms with van der Waals surface area (Å²) in [6.45, 7) is 5.80. The van der Waals surface area contributed by atoms with E-state index in [4.69, 9.17) is 26.8 Å². The first-order valence-corrected chi connectivity index (χ1v) is 10.4. The van der Waals surface area contributed by atoms with Crippen LogP contribution in [0.15, 0.2) is 23.1 Å². The van der Waals surface area contributed by atoms with E-state index in [1.807, 2.05) is 13.8 Å². The van der Waals surface area contributed by atoms with Crippen molar-refractivity contribution < 1.29 is 17.9 Å². The number of hydrogen-bond acceptors (Lipinski definition) is 5. The largest absolute Gasteiger partial charge is 0.492 e. The first-order chi connectivity index (χ1) is 11.8. The maximum atomic E-state index is 12.7. The van der Waals surface area contributed by atoms with Crippen molar-refractivity contribution in [2.24, 2.45) is 11.7 Å². The Hall–Kier alpha value is -0.860. The van der Waals surface area contributed by atoms with Crippen LogP contribution in [0.2, 0.25) is 5.02 Å². The molecule has 0 aromatic heterocycles. The smallest absolute Gasteiger partial charge is 0.244 e. The van der Waals surface area contributed by atoms with Gasteiger partial charge in [-0.05, 0) is 37.5 Å². The van der Waals surface area contributed by atoms with Gasteiger partial charge in [0.15, 0.2) is 0 Å². The summed E-state index contributed by atoms with van der Waals surface area (Å²) >= 11 is 6.00. The topological polar surface area (TPSA) is 90.7 Å². The van der Waals surface area contributed by atoms with Gasteiger partial charge in [-0.3, -0.25) is 0 Å². The molecule has 3 N–H and O–H groups in total. The highest BCUT2D eigenvalue weighted by Crippen LogP contribution is 2.28. The van der Waals surface area contributed by atoms with E-state index in [1.165, 1.54) is 6.07 Å². The van der Waals surface area contributed by atoms with Gasteiger partial charge in [-0.1, -0.05) is 25.4 Å². The summed E-state index contributed by atoms with van der Waals surface area (Å²) in [5, 5.41) is 0.335. The molecule has 1 aromatic rings. The Labute approximate surface area is 155 Å². The zero-order valence-corrected chi connectivity index (χ0v) is 16.3. The molecular formula is C17H27ClN2O4S. The van der Waals surface area contributed by atoms with Crippen molar-refractivity contribution in [3.8, 4) is 5.75 Å². The molecule has 0 radical (unpaired) electrons. The molecule has 1 unspecified atom stereocenters. The first-order valence-electron chi connectivity index (χ1n) is 8.58. The maximum absolute atomic E-state index is 12.7. The van der Waals surface area contributed by atoms with Crippen molar-refractivity contribution >= 4 is 21.6 Å². The van der Waals surface area contributed by atoms with E-state index in [9.17, 15) is 8.42 Å². The van der Waals surface area contributed by atoms with E-state index in [0.717, 1.165) is 6.42 Å². The van der Waals surface area contributed by atoms with Crippen molar-refractivity contribution in [3.63, 3.8) is 0 Å². The number of nitrogens with one attached hydrogen (secondary N) is 1. The normalized spacial score (nSPS) is 18.5. The standard InChI is InChI=1S/C17H27ClN2O4S/c1-3-17(19,4-2)12-20-25(21,22)16-9-14(18)5-6-15(16)24-11-13-7-8-23-10-13/h5-6,9,13,20H,3-4,7-8,10-12,19H2,1-2H3. The van der Waals surface area contributed by atoms with Gasteiger partial charge in [-0.15, -0.1) is 0 Å². The summed E-state index contributed by atoms with van der Waals surface area (Å²) in [4.78, 5) is 0.0356. The second-order valence-corrected chi connectivity index (χ2v) is 8.70. The molecule has 0 aliphatic carbocycles. The molecule has 1 aliphatic rings. The number of halogens is 1. The molecule has 1 atom stereocenters. The second-order valence-electron chi connectivity index (χ2n) is 6.53. The van der Waals surface area contributed by atoms with Crippen molar-refractivity contribution in [3.05, 3.63) is 23.2 Å². The van der Waals surface area contributed by atoms with E-state index >= 15 is 0 Å². The average molecular weight is 391 g/mol. The molecule has 0 saturated carbocycles. The van der Waals surface area contributed by atoms with Gasteiger partial charge in [0.05, 0.1) is 13.2 Å². The lowest BCUT2D eigenvalue weighted by Crippen LogP contribution is -2.49. The van der Waals surface area contributed by atoms with Gasteiger partial charge in [0.2, 0.25) is 10.0 Å². The molecule has 8 heteroatoms. The summed E-state index contributed by atoms with van der Waals surface area (Å²) in [5.41, 5.74) is 5.62. The Bertz CT molecular complexity index is 671. The van der Waals surface area contributed by atoms with Crippen LogP contribution in [0.25, 0.3) is 0 Å². The molecule has 1 heterocycles. The zero-order chi connectivity index (χ0) is 18.5. The third-order valence-electron chi connectivity index (χ3n) is 4.72. The first kappa shape index (κ1) is 20.5. The third-order valence-corrected chi connectivity index (χ3v) is 6.37. The number of sulfonamides is 1. The molecule has 1 saturated heterocycles. The SMILES string of the molecule is CCC(N)(CC)CNS(=O)(=O)c1cc(Cl)ccc1OCC1CCOC1. The Morgan fingerprint density at radius 1 is 1.40 bits per heavy atom. The number of nitrogens with two attached hydrogens (primary N) is 1. The van der Waals surface area contributed by atoms with Crippen LogP contribution in [-0.4, -0.2) is 40.3 Å². The van der Waals surface area contributed by atoms with Crippen LogP contribution in [0.4, 0.5) is 0 Å². The number of hydrogen-bond donors (Lipinski definition) is 2. The lowest BCUT2D eigenvalue weighted by Gasteiger charge is -2.27. The average Bonchev–Trinajstić information content (AvgIpc) is 3.12. The van der Waals surface area contributed by atoms with Gasteiger partial charge in [0.25, 0.3) is 0 Å². The van der Waals surface area contributed by atoms with Crippen LogP contribution in [0.5, 0.6) is 5.75 Å². The van der Waals surface area contributed by atoms with Gasteiger partial charge in [0.1, 0.15) is 10.6 Å². The lowest BCUT2D eigenvalue weighted by atomic mass is 9.95. The molecule has 1 aromatic carbocycles. The summed E-state index contributed by atoms with van der Waals surface area (Å²) in [6, 6.07) is 4.61. The van der Waals surface area contributed by atoms with E-state index in [0.29, 0.717) is 43.4 Å². The molecule has 6 nitrogen and oxygen atoms in total. The van der Waals surface area contributed by atoms with Crippen LogP contribution in [0.1, 0.15) is 33.1 Å². The van der Waals surface area contributed by atoms with Gasteiger partial charge < -0.3 is 15.2 Å². The summed E-state index contributed by atoms with van der Waals surface area (Å²) in [5.74, 6) is 0.565. The predicted octanol–water partition coefficient (Wildman–Crippen LogP) is 2.55. The van der Waals surface area contributed by atoms with Crippen molar-refractivity contribution in [1.82, 2.24) is 4.72 Å². The Morgan fingerprint density at radius 2 is 2.12 bits per heavy atom. The summed E-state index contributed by atoms with van der Waals surface area (Å²) < 4.78 is 39.2. The highest BCUT2D eigenvalue weighted by molar-refractivity contribution is 7.89. The molecule has 142 valence electrons. The number of ether oxygens (including phenoxy) is 2. The highest BCUT2D eigenvalue weighted by Gasteiger charge is 2.27. The fourth-order valence-corrected chi connectivity index (χ4v) is 4.09. The minimum absolute atomic E-state index is 0.0356. The fourth-order valence-electron chi connectivity index (χ4n) is 2.55. The highest BCUT2D eigenvalue weighted by atomic mass is 35.5. The van der Waals surface area contributed by atoms with Crippen LogP contribution >= 0.6 is 11.6 Å². The second kappa shape index (κ2) is 8.68. The number of rotatable bonds is 9. The number of benzene rings is 1. The monoisotopic (exact) mass is 390 g/mol. The lowest BCUT2D eigenvalue weighted by molar-refractivity contribution is 0.166. The van der Waals surface area contributed by atoms with E-state index in [1.54, 1.807) is 12.1 Å². The van der Waals surface area contributed by atoms with Crippen LogP contribution in [0.3, 0.4) is 0 Å². The van der Waals surface area contributed by atoms with Crippen LogP contribution < -0.4 is 15.2 Å². The quantitative estimate of drug-likeness (QED) is 0.676. The summed E-state index contributed by atoms with van der Waals surface area (Å²) in [7, 11) is -3.78. The molecule has 1 fully saturated rings. The fraction of sp³-hybridized carbons (Fsp3) is 0.647.